The van der Waals surface area contributed by atoms with Crippen molar-refractivity contribution in [1.82, 2.24) is 10.2 Å². The van der Waals surface area contributed by atoms with E-state index in [0.29, 0.717) is 28.0 Å². The molecule has 4 aromatic rings. The van der Waals surface area contributed by atoms with Crippen molar-refractivity contribution < 1.29 is 22.7 Å². The van der Waals surface area contributed by atoms with Gasteiger partial charge in [0.2, 0.25) is 21.8 Å². The quantitative estimate of drug-likeness (QED) is 0.152. The molecular weight excluding hydrogens is 669 g/mol. The zero-order valence-electron chi connectivity index (χ0n) is 26.7. The van der Waals surface area contributed by atoms with Crippen LogP contribution in [-0.2, 0) is 39.2 Å². The lowest BCUT2D eigenvalue weighted by atomic mass is 10.0. The van der Waals surface area contributed by atoms with E-state index < -0.39 is 28.5 Å². The highest BCUT2D eigenvalue weighted by atomic mass is 35.5. The maximum absolute atomic E-state index is 14.4. The zero-order valence-corrected chi connectivity index (χ0v) is 29.1. The highest BCUT2D eigenvalue weighted by molar-refractivity contribution is 7.92. The molecule has 5 rings (SSSR count). The summed E-state index contributed by atoms with van der Waals surface area (Å²) in [6.45, 7) is -0.302. The summed E-state index contributed by atoms with van der Waals surface area (Å²) in [6.07, 6.45) is 5.02. The van der Waals surface area contributed by atoms with Gasteiger partial charge in [-0.05, 0) is 60.4 Å². The number of nitrogens with one attached hydrogen (secondary N) is 1. The number of carbonyl (C=O) groups excluding carboxylic acids is 2. The first-order valence-electron chi connectivity index (χ1n) is 15.9. The summed E-state index contributed by atoms with van der Waals surface area (Å²) in [6, 6.07) is 29.7. The molecule has 252 valence electrons. The van der Waals surface area contributed by atoms with Crippen molar-refractivity contribution in [3.63, 3.8) is 0 Å². The van der Waals surface area contributed by atoms with Crippen LogP contribution in [0, 0.1) is 0 Å². The van der Waals surface area contributed by atoms with Crippen LogP contribution in [-0.4, -0.2) is 50.0 Å². The molecule has 0 heterocycles. The standard InChI is InChI=1S/C37H39Cl2N3O5S/c1-48(45,46)42(30-19-21-31(22-20-30)47-26-28-13-6-3-7-14-28)25-36(43)41(24-32-33(38)17-10-18-34(32)39)35(23-27-11-4-2-5-12-27)37(44)40-29-15-8-9-16-29/h2-7,10-14,17-22,29,35H,8-9,15-16,23-26H2,1H3,(H,40,44)/t35-/m0/s1. The van der Waals surface area contributed by atoms with Crippen molar-refractivity contribution in [2.45, 2.75) is 57.3 Å². The first-order chi connectivity index (χ1) is 23.1. The SMILES string of the molecule is CS(=O)(=O)N(CC(=O)N(Cc1c(Cl)cccc1Cl)[C@@H](Cc1ccccc1)C(=O)NC1CCCC1)c1ccc(OCc2ccccc2)cc1. The molecule has 1 aliphatic carbocycles. The Morgan fingerprint density at radius 3 is 2.00 bits per heavy atom. The van der Waals surface area contributed by atoms with Crippen LogP contribution in [0.15, 0.2) is 103 Å². The summed E-state index contributed by atoms with van der Waals surface area (Å²) in [7, 11) is -3.93. The van der Waals surface area contributed by atoms with Gasteiger partial charge in [-0.2, -0.15) is 0 Å². The molecule has 0 bridgehead atoms. The normalized spacial score (nSPS) is 13.9. The molecule has 0 radical (unpaired) electrons. The molecule has 0 spiro atoms. The molecule has 1 saturated carbocycles. The number of hydrogen-bond donors (Lipinski definition) is 1. The van der Waals surface area contributed by atoms with Gasteiger partial charge in [0.1, 0.15) is 24.9 Å². The van der Waals surface area contributed by atoms with Crippen LogP contribution in [0.3, 0.4) is 0 Å². The first-order valence-corrected chi connectivity index (χ1v) is 18.5. The van der Waals surface area contributed by atoms with Gasteiger partial charge in [0.05, 0.1) is 11.9 Å². The summed E-state index contributed by atoms with van der Waals surface area (Å²) in [5, 5.41) is 3.82. The summed E-state index contributed by atoms with van der Waals surface area (Å²) < 4.78 is 33.3. The van der Waals surface area contributed by atoms with Crippen LogP contribution in [0.25, 0.3) is 0 Å². The second-order valence-corrected chi connectivity index (χ2v) is 14.7. The maximum atomic E-state index is 14.4. The minimum absolute atomic E-state index is 0.00627. The van der Waals surface area contributed by atoms with Gasteiger partial charge in [0, 0.05) is 34.6 Å². The summed E-state index contributed by atoms with van der Waals surface area (Å²) >= 11 is 13.1. The minimum atomic E-state index is -3.93. The fourth-order valence-corrected chi connectivity index (χ4v) is 7.21. The van der Waals surface area contributed by atoms with E-state index in [1.807, 2.05) is 60.7 Å². The minimum Gasteiger partial charge on any atom is -0.489 e. The Kier molecular flexibility index (Phi) is 12.0. The Hall–Kier alpha value is -4.05. The topological polar surface area (TPSA) is 96.0 Å². The van der Waals surface area contributed by atoms with Crippen molar-refractivity contribution in [3.8, 4) is 5.75 Å². The van der Waals surface area contributed by atoms with E-state index in [4.69, 9.17) is 27.9 Å². The van der Waals surface area contributed by atoms with Gasteiger partial charge in [-0.3, -0.25) is 13.9 Å². The van der Waals surface area contributed by atoms with Gasteiger partial charge < -0.3 is 15.0 Å². The molecule has 0 unspecified atom stereocenters. The maximum Gasteiger partial charge on any atom is 0.244 e. The fraction of sp³-hybridized carbons (Fsp3) is 0.297. The Bertz CT molecular complexity index is 1760. The Morgan fingerprint density at radius 1 is 0.833 bits per heavy atom. The van der Waals surface area contributed by atoms with Crippen molar-refractivity contribution in [1.29, 1.82) is 0 Å². The molecule has 2 amide bonds. The van der Waals surface area contributed by atoms with Gasteiger partial charge in [-0.1, -0.05) is 103 Å². The van der Waals surface area contributed by atoms with Gasteiger partial charge in [0.25, 0.3) is 0 Å². The van der Waals surface area contributed by atoms with Gasteiger partial charge >= 0.3 is 0 Å². The summed E-state index contributed by atoms with van der Waals surface area (Å²) in [5.74, 6) is -0.347. The Labute approximate surface area is 292 Å². The lowest BCUT2D eigenvalue weighted by Gasteiger charge is -2.34. The van der Waals surface area contributed by atoms with E-state index in [1.54, 1.807) is 42.5 Å². The molecule has 11 heteroatoms. The number of ether oxygens (including phenoxy) is 1. The molecule has 1 N–H and O–H groups in total. The number of benzene rings is 4. The lowest BCUT2D eigenvalue weighted by Crippen LogP contribution is -2.54. The van der Waals surface area contributed by atoms with Gasteiger partial charge in [-0.15, -0.1) is 0 Å². The smallest absolute Gasteiger partial charge is 0.244 e. The number of hydrogen-bond acceptors (Lipinski definition) is 5. The molecule has 1 atom stereocenters. The molecule has 0 saturated heterocycles. The Morgan fingerprint density at radius 2 is 1.42 bits per heavy atom. The highest BCUT2D eigenvalue weighted by Gasteiger charge is 2.35. The summed E-state index contributed by atoms with van der Waals surface area (Å²) in [4.78, 5) is 29.9. The third kappa shape index (κ3) is 9.52. The highest BCUT2D eigenvalue weighted by Crippen LogP contribution is 2.29. The monoisotopic (exact) mass is 707 g/mol. The number of halogens is 2. The van der Waals surface area contributed by atoms with Crippen molar-refractivity contribution in [2.24, 2.45) is 0 Å². The van der Waals surface area contributed by atoms with Crippen molar-refractivity contribution in [2.75, 3.05) is 17.1 Å². The molecule has 0 aliphatic heterocycles. The van der Waals surface area contributed by atoms with E-state index in [0.717, 1.165) is 47.4 Å². The second-order valence-electron chi connectivity index (χ2n) is 12.0. The predicted molar refractivity (Wildman–Crippen MR) is 191 cm³/mol. The van der Waals surface area contributed by atoms with Crippen LogP contribution >= 0.6 is 23.2 Å². The molecule has 4 aromatic carbocycles. The average Bonchev–Trinajstić information content (AvgIpc) is 3.59. The molecule has 1 fully saturated rings. The largest absolute Gasteiger partial charge is 0.489 e. The number of anilines is 1. The molecule has 8 nitrogen and oxygen atoms in total. The predicted octanol–water partition coefficient (Wildman–Crippen LogP) is 7.04. The zero-order chi connectivity index (χ0) is 34.1. The average molecular weight is 709 g/mol. The van der Waals surface area contributed by atoms with Crippen LogP contribution in [0.1, 0.15) is 42.4 Å². The van der Waals surface area contributed by atoms with E-state index in [2.05, 4.69) is 5.32 Å². The fourth-order valence-electron chi connectivity index (χ4n) is 5.84. The second kappa shape index (κ2) is 16.4. The number of sulfonamides is 1. The molecule has 1 aliphatic rings. The first kappa shape index (κ1) is 35.3. The summed E-state index contributed by atoms with van der Waals surface area (Å²) in [5.41, 5.74) is 2.58. The van der Waals surface area contributed by atoms with Crippen LogP contribution in [0.2, 0.25) is 10.0 Å². The van der Waals surface area contributed by atoms with Crippen LogP contribution in [0.4, 0.5) is 5.69 Å². The third-order valence-corrected chi connectivity index (χ3v) is 10.3. The van der Waals surface area contributed by atoms with E-state index in [9.17, 15) is 18.0 Å². The molecular formula is C37H39Cl2N3O5S. The van der Waals surface area contributed by atoms with Gasteiger partial charge in [0.15, 0.2) is 0 Å². The number of rotatable bonds is 14. The van der Waals surface area contributed by atoms with Crippen molar-refractivity contribution >= 4 is 50.7 Å². The lowest BCUT2D eigenvalue weighted by molar-refractivity contribution is -0.140. The number of nitrogens with zero attached hydrogens (tertiary/aromatic N) is 2. The van der Waals surface area contributed by atoms with Crippen LogP contribution < -0.4 is 14.4 Å². The van der Waals surface area contributed by atoms with E-state index in [1.165, 1.54) is 4.90 Å². The molecule has 0 aromatic heterocycles. The third-order valence-electron chi connectivity index (χ3n) is 8.42. The Balaban J connectivity index is 1.46. The number of amides is 2. The van der Waals surface area contributed by atoms with E-state index >= 15 is 0 Å². The van der Waals surface area contributed by atoms with Crippen molar-refractivity contribution in [3.05, 3.63) is 130 Å². The number of carbonyl (C=O) groups is 2. The van der Waals surface area contributed by atoms with Gasteiger partial charge in [-0.25, -0.2) is 8.42 Å². The van der Waals surface area contributed by atoms with Crippen LogP contribution in [0.5, 0.6) is 5.75 Å². The molecule has 48 heavy (non-hydrogen) atoms. The van der Waals surface area contributed by atoms with E-state index in [-0.39, 0.29) is 30.6 Å².